The first-order chi connectivity index (χ1) is 15.1. The minimum absolute atomic E-state index is 0.0120. The normalized spacial score (nSPS) is 11.1. The Labute approximate surface area is 188 Å². The van der Waals surface area contributed by atoms with E-state index in [4.69, 9.17) is 16.3 Å². The van der Waals surface area contributed by atoms with Crippen LogP contribution in [0.5, 0.6) is 0 Å². The lowest BCUT2D eigenvalue weighted by Gasteiger charge is -2.20. The second-order valence-corrected chi connectivity index (χ2v) is 8.97. The predicted octanol–water partition coefficient (Wildman–Crippen LogP) is 4.57. The van der Waals surface area contributed by atoms with Crippen LogP contribution in [0.15, 0.2) is 71.6 Å². The lowest BCUT2D eigenvalue weighted by Crippen LogP contribution is -2.26. The minimum atomic E-state index is -4.08. The Balaban J connectivity index is 1.80. The third-order valence-corrected chi connectivity index (χ3v) is 6.63. The van der Waals surface area contributed by atoms with Crippen LogP contribution >= 0.6 is 11.6 Å². The molecule has 0 saturated heterocycles. The lowest BCUT2D eigenvalue weighted by molar-refractivity contribution is -0.384. The number of hydrogen-bond acceptors (Lipinski definition) is 6. The zero-order valence-electron chi connectivity index (χ0n) is 16.6. The molecule has 3 aromatic rings. The molecule has 166 valence electrons. The lowest BCUT2D eigenvalue weighted by atomic mass is 10.2. The molecule has 11 heteroatoms. The number of hydrogen-bond donors (Lipinski definition) is 0. The van der Waals surface area contributed by atoms with Crippen LogP contribution in [0.3, 0.4) is 0 Å². The molecule has 0 aliphatic heterocycles. The van der Waals surface area contributed by atoms with Crippen LogP contribution in [-0.2, 0) is 21.4 Å². The van der Waals surface area contributed by atoms with E-state index in [1.54, 1.807) is 0 Å². The molecule has 0 fully saturated rings. The van der Waals surface area contributed by atoms with E-state index in [1.165, 1.54) is 55.6 Å². The summed E-state index contributed by atoms with van der Waals surface area (Å²) in [5, 5.41) is 10.7. The van der Waals surface area contributed by atoms with E-state index in [0.29, 0.717) is 5.56 Å². The van der Waals surface area contributed by atoms with Crippen LogP contribution < -0.4 is 4.31 Å². The van der Waals surface area contributed by atoms with Gasteiger partial charge in [0.25, 0.3) is 15.7 Å². The first-order valence-electron chi connectivity index (χ1n) is 9.04. The van der Waals surface area contributed by atoms with Crippen LogP contribution in [0, 0.1) is 15.9 Å². The van der Waals surface area contributed by atoms with Crippen molar-refractivity contribution in [2.45, 2.75) is 11.5 Å². The van der Waals surface area contributed by atoms with E-state index >= 15 is 0 Å². The van der Waals surface area contributed by atoms with Gasteiger partial charge in [0.15, 0.2) is 0 Å². The largest absolute Gasteiger partial charge is 0.457 e. The number of carbonyl (C=O) groups excluding carboxylic acids is 1. The maximum Gasteiger partial charge on any atom is 0.340 e. The number of anilines is 1. The van der Waals surface area contributed by atoms with Crippen molar-refractivity contribution in [1.29, 1.82) is 0 Å². The topological polar surface area (TPSA) is 107 Å². The number of benzene rings is 3. The van der Waals surface area contributed by atoms with Crippen molar-refractivity contribution in [3.8, 4) is 0 Å². The van der Waals surface area contributed by atoms with Gasteiger partial charge in [0.2, 0.25) is 0 Å². The quantitative estimate of drug-likeness (QED) is 0.280. The summed E-state index contributed by atoms with van der Waals surface area (Å²) in [6, 6.07) is 13.9. The zero-order chi connectivity index (χ0) is 23.5. The van der Waals surface area contributed by atoms with Crippen molar-refractivity contribution in [2.75, 3.05) is 11.4 Å². The van der Waals surface area contributed by atoms with Crippen molar-refractivity contribution in [3.05, 3.63) is 98.8 Å². The molecule has 3 aromatic carbocycles. The molecule has 0 heterocycles. The monoisotopic (exact) mass is 478 g/mol. The van der Waals surface area contributed by atoms with E-state index in [2.05, 4.69) is 0 Å². The highest BCUT2D eigenvalue weighted by Crippen LogP contribution is 2.26. The molecule has 0 atom stereocenters. The molecule has 0 N–H and O–H groups in total. The van der Waals surface area contributed by atoms with Gasteiger partial charge >= 0.3 is 5.97 Å². The summed E-state index contributed by atoms with van der Waals surface area (Å²) >= 11 is 6.07. The third-order valence-electron chi connectivity index (χ3n) is 4.52. The maximum absolute atomic E-state index is 13.1. The number of nitrogens with zero attached hydrogens (tertiary/aromatic N) is 2. The summed E-state index contributed by atoms with van der Waals surface area (Å²) in [6.45, 7) is -0.195. The van der Waals surface area contributed by atoms with Gasteiger partial charge in [-0.15, -0.1) is 0 Å². The van der Waals surface area contributed by atoms with Crippen molar-refractivity contribution in [2.24, 2.45) is 0 Å². The third kappa shape index (κ3) is 5.04. The highest BCUT2D eigenvalue weighted by molar-refractivity contribution is 7.92. The number of carbonyl (C=O) groups is 1. The number of non-ortho nitro benzene ring substituents is 1. The average Bonchev–Trinajstić information content (AvgIpc) is 2.78. The minimum Gasteiger partial charge on any atom is -0.457 e. The summed E-state index contributed by atoms with van der Waals surface area (Å²) in [5.41, 5.74) is 0.456. The first kappa shape index (κ1) is 23.2. The van der Waals surface area contributed by atoms with Gasteiger partial charge in [0.05, 0.1) is 26.1 Å². The standard InChI is InChI=1S/C21H16ClFN2O6S/c1-24(16-8-4-15(23)5-9-16)32(29,30)18-10-11-20(22)19(12-18)21(26)31-13-14-2-6-17(7-3-14)25(27)28/h2-12H,13H2,1H3. The fourth-order valence-corrected chi connectivity index (χ4v) is 4.13. The van der Waals surface area contributed by atoms with E-state index in [0.717, 1.165) is 22.5 Å². The Morgan fingerprint density at radius 2 is 1.72 bits per heavy atom. The van der Waals surface area contributed by atoms with Gasteiger partial charge in [-0.05, 0) is 60.2 Å². The van der Waals surface area contributed by atoms with E-state index in [-0.39, 0.29) is 33.5 Å². The number of nitro benzene ring substituents is 1. The van der Waals surface area contributed by atoms with E-state index in [1.807, 2.05) is 0 Å². The zero-order valence-corrected chi connectivity index (χ0v) is 18.1. The van der Waals surface area contributed by atoms with Crippen LogP contribution in [-0.4, -0.2) is 26.4 Å². The summed E-state index contributed by atoms with van der Waals surface area (Å²) < 4.78 is 45.2. The molecule has 8 nitrogen and oxygen atoms in total. The molecular weight excluding hydrogens is 463 g/mol. The molecule has 0 unspecified atom stereocenters. The molecule has 0 aliphatic rings. The van der Waals surface area contributed by atoms with Gasteiger partial charge in [0, 0.05) is 19.2 Å². The molecule has 0 amide bonds. The van der Waals surface area contributed by atoms with Crippen molar-refractivity contribution in [1.82, 2.24) is 0 Å². The predicted molar refractivity (Wildman–Crippen MR) is 116 cm³/mol. The van der Waals surface area contributed by atoms with Gasteiger partial charge in [-0.25, -0.2) is 17.6 Å². The molecule has 0 spiro atoms. The Morgan fingerprint density at radius 1 is 1.09 bits per heavy atom. The van der Waals surface area contributed by atoms with Gasteiger partial charge in [-0.1, -0.05) is 11.6 Å². The molecule has 0 aliphatic carbocycles. The summed E-state index contributed by atoms with van der Waals surface area (Å²) in [4.78, 5) is 22.4. The van der Waals surface area contributed by atoms with Gasteiger partial charge < -0.3 is 4.74 Å². The molecule has 0 radical (unpaired) electrons. The highest BCUT2D eigenvalue weighted by atomic mass is 35.5. The SMILES string of the molecule is CN(c1ccc(F)cc1)S(=O)(=O)c1ccc(Cl)c(C(=O)OCc2ccc([N+](=O)[O-])cc2)c1. The summed E-state index contributed by atoms with van der Waals surface area (Å²) in [7, 11) is -2.78. The molecular formula is C21H16ClFN2O6S. The van der Waals surface area contributed by atoms with E-state index < -0.39 is 26.7 Å². The molecule has 32 heavy (non-hydrogen) atoms. The average molecular weight is 479 g/mol. The van der Waals surface area contributed by atoms with Crippen LogP contribution in [0.2, 0.25) is 5.02 Å². The summed E-state index contributed by atoms with van der Waals surface area (Å²) in [6.07, 6.45) is 0. The van der Waals surface area contributed by atoms with Crippen LogP contribution in [0.1, 0.15) is 15.9 Å². The fourth-order valence-electron chi connectivity index (χ4n) is 2.71. The van der Waals surface area contributed by atoms with Gasteiger partial charge in [-0.3, -0.25) is 14.4 Å². The molecule has 0 saturated carbocycles. The summed E-state index contributed by atoms with van der Waals surface area (Å²) in [5.74, 6) is -1.38. The number of ether oxygens (including phenoxy) is 1. The van der Waals surface area contributed by atoms with Crippen molar-refractivity contribution >= 4 is 39.0 Å². The Kier molecular flexibility index (Phi) is 6.75. The Morgan fingerprint density at radius 3 is 2.31 bits per heavy atom. The van der Waals surface area contributed by atoms with Crippen molar-refractivity contribution in [3.63, 3.8) is 0 Å². The second kappa shape index (κ2) is 9.33. The number of esters is 1. The Hall–Kier alpha value is -3.50. The number of rotatable bonds is 7. The maximum atomic E-state index is 13.1. The van der Waals surface area contributed by atoms with Crippen LogP contribution in [0.25, 0.3) is 0 Å². The van der Waals surface area contributed by atoms with Crippen LogP contribution in [0.4, 0.5) is 15.8 Å². The highest BCUT2D eigenvalue weighted by Gasteiger charge is 2.24. The fraction of sp³-hybridized carbons (Fsp3) is 0.0952. The van der Waals surface area contributed by atoms with Gasteiger partial charge in [0.1, 0.15) is 12.4 Å². The van der Waals surface area contributed by atoms with Gasteiger partial charge in [-0.2, -0.15) is 0 Å². The smallest absolute Gasteiger partial charge is 0.340 e. The molecule has 0 aromatic heterocycles. The Bertz CT molecular complexity index is 1260. The number of nitro groups is 1. The molecule has 3 rings (SSSR count). The molecule has 0 bridgehead atoms. The number of halogens is 2. The first-order valence-corrected chi connectivity index (χ1v) is 10.9. The second-order valence-electron chi connectivity index (χ2n) is 6.59. The number of sulfonamides is 1. The van der Waals surface area contributed by atoms with Crippen molar-refractivity contribution < 1.29 is 27.3 Å². The van der Waals surface area contributed by atoms with E-state index in [9.17, 15) is 27.7 Å².